The van der Waals surface area contributed by atoms with E-state index in [0.29, 0.717) is 0 Å². The highest BCUT2D eigenvalue weighted by Crippen LogP contribution is 2.38. The van der Waals surface area contributed by atoms with Gasteiger partial charge >= 0.3 is 0 Å². The van der Waals surface area contributed by atoms with Crippen LogP contribution >= 0.6 is 0 Å². The SMILES string of the molecule is CN(C)c1nc(N)nc2cc(-c3ccc(O)cc3)c3c(ccn3C)c12. The van der Waals surface area contributed by atoms with E-state index in [9.17, 15) is 5.11 Å². The van der Waals surface area contributed by atoms with E-state index in [1.54, 1.807) is 12.1 Å². The summed E-state index contributed by atoms with van der Waals surface area (Å²) in [6.45, 7) is 0. The predicted molar refractivity (Wildman–Crippen MR) is 102 cm³/mol. The van der Waals surface area contributed by atoms with Crippen LogP contribution in [0.1, 0.15) is 0 Å². The van der Waals surface area contributed by atoms with Crippen molar-refractivity contribution in [2.24, 2.45) is 7.05 Å². The number of fused-ring (bicyclic) bond motifs is 3. The molecule has 0 aliphatic heterocycles. The molecule has 0 aliphatic carbocycles. The standard InChI is InChI=1S/C19H19N5O/c1-23(2)18-16-13-8-9-24(3)17(13)14(10-15(16)21-19(20)22-18)11-4-6-12(25)7-5-11/h4-10,25H,1-3H3,(H2,20,21,22). The highest BCUT2D eigenvalue weighted by molar-refractivity contribution is 6.16. The minimum absolute atomic E-state index is 0.245. The van der Waals surface area contributed by atoms with Gasteiger partial charge in [-0.2, -0.15) is 4.98 Å². The zero-order chi connectivity index (χ0) is 17.7. The Bertz CT molecular complexity index is 1100. The molecule has 0 spiro atoms. The fourth-order valence-corrected chi connectivity index (χ4v) is 3.30. The Balaban J connectivity index is 2.17. The number of aryl methyl sites for hydroxylation is 1. The van der Waals surface area contributed by atoms with Gasteiger partial charge in [-0.15, -0.1) is 0 Å². The molecule has 0 radical (unpaired) electrons. The average Bonchev–Trinajstić information content (AvgIpc) is 2.96. The molecule has 6 heteroatoms. The van der Waals surface area contributed by atoms with Crippen molar-refractivity contribution >= 4 is 33.6 Å². The molecule has 4 rings (SSSR count). The second-order valence-electron chi connectivity index (χ2n) is 6.35. The summed E-state index contributed by atoms with van der Waals surface area (Å²) in [5, 5.41) is 11.6. The maximum atomic E-state index is 9.59. The maximum Gasteiger partial charge on any atom is 0.222 e. The van der Waals surface area contributed by atoms with E-state index >= 15 is 0 Å². The number of hydrogen-bond donors (Lipinski definition) is 2. The van der Waals surface area contributed by atoms with E-state index in [1.165, 1.54) is 0 Å². The van der Waals surface area contributed by atoms with Gasteiger partial charge in [0.2, 0.25) is 5.95 Å². The predicted octanol–water partition coefficient (Wildman–Crippen LogP) is 3.14. The second-order valence-corrected chi connectivity index (χ2v) is 6.35. The van der Waals surface area contributed by atoms with Gasteiger partial charge in [-0.3, -0.25) is 0 Å². The van der Waals surface area contributed by atoms with Gasteiger partial charge in [-0.1, -0.05) is 12.1 Å². The van der Waals surface area contributed by atoms with E-state index in [2.05, 4.69) is 20.6 Å². The van der Waals surface area contributed by atoms with Gasteiger partial charge < -0.3 is 20.3 Å². The number of phenolic OH excluding ortho intramolecular Hbond substituents is 1. The van der Waals surface area contributed by atoms with Crippen LogP contribution in [0.4, 0.5) is 11.8 Å². The molecule has 0 aliphatic rings. The number of benzene rings is 2. The molecule has 3 N–H and O–H groups in total. The Morgan fingerprint density at radius 3 is 2.48 bits per heavy atom. The van der Waals surface area contributed by atoms with Crippen molar-refractivity contribution in [1.82, 2.24) is 14.5 Å². The molecule has 2 heterocycles. The van der Waals surface area contributed by atoms with Crippen molar-refractivity contribution in [2.75, 3.05) is 24.7 Å². The third kappa shape index (κ3) is 2.34. The molecule has 25 heavy (non-hydrogen) atoms. The first-order chi connectivity index (χ1) is 12.0. The summed E-state index contributed by atoms with van der Waals surface area (Å²) in [7, 11) is 5.92. The van der Waals surface area contributed by atoms with Crippen LogP contribution in [0.5, 0.6) is 5.75 Å². The van der Waals surface area contributed by atoms with Gasteiger partial charge in [-0.25, -0.2) is 4.98 Å². The molecular weight excluding hydrogens is 314 g/mol. The molecule has 0 amide bonds. The monoisotopic (exact) mass is 333 g/mol. The lowest BCUT2D eigenvalue weighted by atomic mass is 9.99. The molecule has 0 bridgehead atoms. The van der Waals surface area contributed by atoms with E-state index in [4.69, 9.17) is 5.73 Å². The first-order valence-electron chi connectivity index (χ1n) is 7.97. The number of nitrogen functional groups attached to an aromatic ring is 1. The van der Waals surface area contributed by atoms with Crippen LogP contribution in [0.2, 0.25) is 0 Å². The van der Waals surface area contributed by atoms with Crippen molar-refractivity contribution in [3.63, 3.8) is 0 Å². The smallest absolute Gasteiger partial charge is 0.222 e. The molecule has 126 valence electrons. The number of anilines is 2. The molecule has 0 saturated carbocycles. The largest absolute Gasteiger partial charge is 0.508 e. The van der Waals surface area contributed by atoms with Gasteiger partial charge in [0.05, 0.1) is 16.4 Å². The summed E-state index contributed by atoms with van der Waals surface area (Å²) in [5.74, 6) is 1.30. The molecule has 0 unspecified atom stereocenters. The molecular formula is C19H19N5O. The number of aromatic hydroxyl groups is 1. The minimum Gasteiger partial charge on any atom is -0.508 e. The highest BCUT2D eigenvalue weighted by atomic mass is 16.3. The van der Waals surface area contributed by atoms with Gasteiger partial charge in [0, 0.05) is 38.3 Å². The lowest BCUT2D eigenvalue weighted by Gasteiger charge is -2.17. The molecule has 2 aromatic carbocycles. The molecule has 2 aromatic heterocycles. The summed E-state index contributed by atoms with van der Waals surface area (Å²) < 4.78 is 2.09. The Hall–Kier alpha value is -3.28. The van der Waals surface area contributed by atoms with Gasteiger partial charge in [-0.05, 0) is 29.8 Å². The zero-order valence-corrected chi connectivity index (χ0v) is 14.4. The Kier molecular flexibility index (Phi) is 3.28. The third-order valence-electron chi connectivity index (χ3n) is 4.42. The molecule has 6 nitrogen and oxygen atoms in total. The van der Waals surface area contributed by atoms with E-state index < -0.39 is 0 Å². The lowest BCUT2D eigenvalue weighted by molar-refractivity contribution is 0.475. The average molecular weight is 333 g/mol. The number of nitrogens with two attached hydrogens (primary N) is 1. The van der Waals surface area contributed by atoms with Crippen LogP contribution in [0.25, 0.3) is 32.9 Å². The van der Waals surface area contributed by atoms with Gasteiger partial charge in [0.15, 0.2) is 0 Å². The molecule has 0 fully saturated rings. The van der Waals surface area contributed by atoms with Crippen molar-refractivity contribution in [3.05, 3.63) is 42.6 Å². The minimum atomic E-state index is 0.245. The number of hydrogen-bond acceptors (Lipinski definition) is 5. The van der Waals surface area contributed by atoms with Crippen LogP contribution in [-0.2, 0) is 7.05 Å². The Morgan fingerprint density at radius 2 is 1.80 bits per heavy atom. The lowest BCUT2D eigenvalue weighted by Crippen LogP contribution is -2.13. The van der Waals surface area contributed by atoms with Gasteiger partial charge in [0.1, 0.15) is 11.6 Å². The summed E-state index contributed by atoms with van der Waals surface area (Å²) >= 11 is 0. The third-order valence-corrected chi connectivity index (χ3v) is 4.42. The molecule has 0 atom stereocenters. The van der Waals surface area contributed by atoms with E-state index in [1.807, 2.05) is 50.4 Å². The second kappa shape index (κ2) is 5.37. The normalized spacial score (nSPS) is 11.3. The van der Waals surface area contributed by atoms with Crippen LogP contribution < -0.4 is 10.6 Å². The van der Waals surface area contributed by atoms with Crippen LogP contribution in [0.15, 0.2) is 42.6 Å². The highest BCUT2D eigenvalue weighted by Gasteiger charge is 2.17. The van der Waals surface area contributed by atoms with Crippen LogP contribution in [0.3, 0.4) is 0 Å². The zero-order valence-electron chi connectivity index (χ0n) is 14.4. The first kappa shape index (κ1) is 15.3. The fourth-order valence-electron chi connectivity index (χ4n) is 3.30. The number of phenols is 1. The summed E-state index contributed by atoms with van der Waals surface area (Å²) in [6.07, 6.45) is 2.03. The fraction of sp³-hybridized carbons (Fsp3) is 0.158. The van der Waals surface area contributed by atoms with Crippen molar-refractivity contribution in [1.29, 1.82) is 0 Å². The molecule has 4 aromatic rings. The van der Waals surface area contributed by atoms with E-state index in [0.717, 1.165) is 38.8 Å². The summed E-state index contributed by atoms with van der Waals surface area (Å²) in [5.41, 5.74) is 9.88. The van der Waals surface area contributed by atoms with Crippen molar-refractivity contribution in [3.8, 4) is 16.9 Å². The maximum absolute atomic E-state index is 9.59. The topological polar surface area (TPSA) is 80.2 Å². The van der Waals surface area contributed by atoms with Crippen molar-refractivity contribution in [2.45, 2.75) is 0 Å². The Morgan fingerprint density at radius 1 is 1.08 bits per heavy atom. The van der Waals surface area contributed by atoms with Crippen LogP contribution in [0, 0.1) is 0 Å². The Labute approximate surface area is 145 Å². The number of aromatic nitrogens is 3. The number of nitrogens with zero attached hydrogens (tertiary/aromatic N) is 4. The number of rotatable bonds is 2. The first-order valence-corrected chi connectivity index (χ1v) is 7.97. The van der Waals surface area contributed by atoms with Crippen molar-refractivity contribution < 1.29 is 5.11 Å². The summed E-state index contributed by atoms with van der Waals surface area (Å²) in [6, 6.07) is 11.3. The van der Waals surface area contributed by atoms with Gasteiger partial charge in [0.25, 0.3) is 0 Å². The van der Waals surface area contributed by atoms with E-state index in [-0.39, 0.29) is 11.7 Å². The quantitative estimate of drug-likeness (QED) is 0.589. The molecule has 0 saturated heterocycles. The van der Waals surface area contributed by atoms with Crippen LogP contribution in [-0.4, -0.2) is 33.7 Å². The summed E-state index contributed by atoms with van der Waals surface area (Å²) in [4.78, 5) is 10.8.